The highest BCUT2D eigenvalue weighted by Crippen LogP contribution is 2.28. The van der Waals surface area contributed by atoms with E-state index in [9.17, 15) is 13.2 Å². The number of carbonyl (C=O) groups excluding carboxylic acids is 1. The Morgan fingerprint density at radius 1 is 1.13 bits per heavy atom. The lowest BCUT2D eigenvalue weighted by Crippen LogP contribution is -2.31. The Bertz CT molecular complexity index is 831. The first-order valence-electron chi connectivity index (χ1n) is 6.92. The van der Waals surface area contributed by atoms with Crippen LogP contribution in [-0.2, 0) is 9.84 Å². The van der Waals surface area contributed by atoms with E-state index in [1.54, 1.807) is 29.2 Å². The molecule has 1 aromatic carbocycles. The summed E-state index contributed by atoms with van der Waals surface area (Å²) in [5.41, 5.74) is 0. The van der Waals surface area contributed by atoms with Gasteiger partial charge >= 0.3 is 0 Å². The van der Waals surface area contributed by atoms with E-state index in [1.165, 1.54) is 23.5 Å². The third kappa shape index (κ3) is 3.40. The van der Waals surface area contributed by atoms with E-state index >= 15 is 0 Å². The lowest BCUT2D eigenvalue weighted by Gasteiger charge is -2.16. The minimum absolute atomic E-state index is 0.171. The maximum absolute atomic E-state index is 12.7. The predicted octanol–water partition coefficient (Wildman–Crippen LogP) is 3.74. The molecule has 1 unspecified atom stereocenters. The largest absolute Gasteiger partial charge is 0.337 e. The fourth-order valence-electron chi connectivity index (χ4n) is 2.57. The summed E-state index contributed by atoms with van der Waals surface area (Å²) < 4.78 is 25.8. The molecular weight excluding hydrogens is 377 g/mol. The molecule has 1 atom stereocenters. The van der Waals surface area contributed by atoms with Gasteiger partial charge < -0.3 is 4.90 Å². The topological polar surface area (TPSA) is 54.5 Å². The van der Waals surface area contributed by atoms with Crippen molar-refractivity contribution in [2.75, 3.05) is 13.1 Å². The third-order valence-corrected chi connectivity index (χ3v) is 7.46. The molecule has 1 amide bonds. The monoisotopic (exact) mass is 389 g/mol. The van der Waals surface area contributed by atoms with Crippen LogP contribution in [0, 0.1) is 0 Å². The number of hydrogen-bond donors (Lipinski definition) is 0. The first-order chi connectivity index (χ1) is 10.9. The van der Waals surface area contributed by atoms with E-state index in [2.05, 4.69) is 0 Å². The van der Waals surface area contributed by atoms with Crippen molar-refractivity contribution in [3.63, 3.8) is 0 Å². The van der Waals surface area contributed by atoms with Crippen molar-refractivity contribution in [1.29, 1.82) is 0 Å². The third-order valence-electron chi connectivity index (χ3n) is 3.80. The summed E-state index contributed by atoms with van der Waals surface area (Å²) in [5, 5.41) is -0.107. The average Bonchev–Trinajstić information content (AvgIpc) is 3.16. The molecule has 1 aliphatic heterocycles. The Labute approximate surface area is 148 Å². The van der Waals surface area contributed by atoms with Gasteiger partial charge in [0, 0.05) is 18.1 Å². The molecule has 0 radical (unpaired) electrons. The highest BCUT2D eigenvalue weighted by molar-refractivity contribution is 7.92. The molecule has 4 nitrogen and oxygen atoms in total. The normalized spacial score (nSPS) is 18.3. The summed E-state index contributed by atoms with van der Waals surface area (Å²) in [4.78, 5) is 14.7. The van der Waals surface area contributed by atoms with Crippen molar-refractivity contribution < 1.29 is 13.2 Å². The van der Waals surface area contributed by atoms with Gasteiger partial charge in [-0.3, -0.25) is 4.79 Å². The maximum atomic E-state index is 12.7. The molecule has 0 spiro atoms. The van der Waals surface area contributed by atoms with E-state index in [-0.39, 0.29) is 17.3 Å². The highest BCUT2D eigenvalue weighted by Gasteiger charge is 2.36. The highest BCUT2D eigenvalue weighted by atomic mass is 35.5. The number of thiophene rings is 1. The second-order valence-electron chi connectivity index (χ2n) is 5.26. The summed E-state index contributed by atoms with van der Waals surface area (Å²) in [5.74, 6) is -0.171. The number of hydrogen-bond acceptors (Lipinski definition) is 4. The fourth-order valence-corrected chi connectivity index (χ4v) is 5.40. The van der Waals surface area contributed by atoms with Gasteiger partial charge in [-0.2, -0.15) is 0 Å². The number of sulfone groups is 1. The molecule has 2 aromatic rings. The van der Waals surface area contributed by atoms with Gasteiger partial charge in [0.2, 0.25) is 0 Å². The minimum Gasteiger partial charge on any atom is -0.337 e. The van der Waals surface area contributed by atoms with E-state index in [4.69, 9.17) is 23.2 Å². The first kappa shape index (κ1) is 16.8. The molecule has 8 heteroatoms. The molecule has 1 aromatic heterocycles. The Morgan fingerprint density at radius 3 is 2.43 bits per heavy atom. The molecule has 23 heavy (non-hydrogen) atoms. The van der Waals surface area contributed by atoms with Crippen LogP contribution in [0.4, 0.5) is 0 Å². The maximum Gasteiger partial charge on any atom is 0.264 e. The summed E-state index contributed by atoms with van der Waals surface area (Å²) in [6, 6.07) is 9.44. The smallest absolute Gasteiger partial charge is 0.264 e. The average molecular weight is 390 g/mol. The van der Waals surface area contributed by atoms with E-state index in [0.717, 1.165) is 0 Å². The predicted molar refractivity (Wildman–Crippen MR) is 92.3 cm³/mol. The Kier molecular flexibility index (Phi) is 4.69. The molecule has 0 saturated carbocycles. The molecule has 0 N–H and O–H groups in total. The summed E-state index contributed by atoms with van der Waals surface area (Å²) in [6.45, 7) is 0.616. The van der Waals surface area contributed by atoms with Gasteiger partial charge in [0.15, 0.2) is 9.84 Å². The lowest BCUT2D eigenvalue weighted by molar-refractivity contribution is 0.0798. The van der Waals surface area contributed by atoms with Gasteiger partial charge in [-0.05, 0) is 42.8 Å². The summed E-state index contributed by atoms with van der Waals surface area (Å²) in [6.07, 6.45) is 0.426. The van der Waals surface area contributed by atoms with Crippen LogP contribution in [0.2, 0.25) is 9.36 Å². The zero-order chi connectivity index (χ0) is 16.6. The van der Waals surface area contributed by atoms with Crippen molar-refractivity contribution in [1.82, 2.24) is 4.90 Å². The van der Waals surface area contributed by atoms with Crippen LogP contribution in [-0.4, -0.2) is 37.6 Å². The second-order valence-corrected chi connectivity index (χ2v) is 9.64. The van der Waals surface area contributed by atoms with Crippen molar-refractivity contribution in [3.05, 3.63) is 50.6 Å². The Morgan fingerprint density at radius 2 is 1.83 bits per heavy atom. The number of nitrogens with zero attached hydrogens (tertiary/aromatic N) is 1. The SMILES string of the molecule is O=C(c1ccc(Cl)s1)N1CCC(S(=O)(=O)c2ccc(Cl)cc2)C1. The van der Waals surface area contributed by atoms with Gasteiger partial charge in [-0.25, -0.2) is 8.42 Å². The zero-order valence-electron chi connectivity index (χ0n) is 11.9. The molecule has 3 rings (SSSR count). The van der Waals surface area contributed by atoms with Crippen LogP contribution in [0.5, 0.6) is 0 Å². The summed E-state index contributed by atoms with van der Waals surface area (Å²) >= 11 is 12.8. The molecular formula is C15H13Cl2NO3S2. The number of rotatable bonds is 3. The van der Waals surface area contributed by atoms with E-state index < -0.39 is 15.1 Å². The molecule has 0 aliphatic carbocycles. The lowest BCUT2D eigenvalue weighted by atomic mass is 10.4. The van der Waals surface area contributed by atoms with Gasteiger partial charge in [0.1, 0.15) is 0 Å². The van der Waals surface area contributed by atoms with Crippen LogP contribution in [0.1, 0.15) is 16.1 Å². The molecule has 0 bridgehead atoms. The van der Waals surface area contributed by atoms with Crippen LogP contribution < -0.4 is 0 Å². The second kappa shape index (κ2) is 6.43. The van der Waals surface area contributed by atoms with Crippen LogP contribution >= 0.6 is 34.5 Å². The molecule has 1 saturated heterocycles. The standard InChI is InChI=1S/C15H13Cl2NO3S2/c16-10-1-3-11(4-2-10)23(20,21)12-7-8-18(9-12)15(19)13-5-6-14(17)22-13/h1-6,12H,7-9H2. The number of carbonyl (C=O) groups is 1. The minimum atomic E-state index is -3.47. The van der Waals surface area contributed by atoms with Crippen molar-refractivity contribution >= 4 is 50.3 Å². The molecule has 1 aliphatic rings. The fraction of sp³-hybridized carbons (Fsp3) is 0.267. The van der Waals surface area contributed by atoms with Crippen LogP contribution in [0.15, 0.2) is 41.3 Å². The van der Waals surface area contributed by atoms with E-state index in [1.807, 2.05) is 0 Å². The number of benzene rings is 1. The zero-order valence-corrected chi connectivity index (χ0v) is 15.1. The van der Waals surface area contributed by atoms with Gasteiger partial charge in [-0.1, -0.05) is 23.2 Å². The van der Waals surface area contributed by atoms with E-state index in [0.29, 0.717) is 27.2 Å². The van der Waals surface area contributed by atoms with Crippen molar-refractivity contribution in [2.24, 2.45) is 0 Å². The van der Waals surface area contributed by atoms with Crippen molar-refractivity contribution in [3.8, 4) is 0 Å². The first-order valence-corrected chi connectivity index (χ1v) is 10.0. The van der Waals surface area contributed by atoms with Crippen molar-refractivity contribution in [2.45, 2.75) is 16.6 Å². The Balaban J connectivity index is 1.76. The van der Waals surface area contributed by atoms with Gasteiger partial charge in [0.05, 0.1) is 19.4 Å². The number of amides is 1. The van der Waals surface area contributed by atoms with Gasteiger partial charge in [0.25, 0.3) is 5.91 Å². The number of halogens is 2. The quantitative estimate of drug-likeness (QED) is 0.802. The van der Waals surface area contributed by atoms with Crippen LogP contribution in [0.25, 0.3) is 0 Å². The Hall–Kier alpha value is -1.08. The molecule has 122 valence electrons. The number of likely N-dealkylation sites (tertiary alicyclic amines) is 1. The molecule has 1 fully saturated rings. The van der Waals surface area contributed by atoms with Crippen LogP contribution in [0.3, 0.4) is 0 Å². The molecule has 2 heterocycles. The van der Waals surface area contributed by atoms with Gasteiger partial charge in [-0.15, -0.1) is 11.3 Å². The summed E-state index contributed by atoms with van der Waals surface area (Å²) in [7, 11) is -3.47.